The van der Waals surface area contributed by atoms with Gasteiger partial charge in [0.05, 0.1) is 5.56 Å². The molecule has 19 heavy (non-hydrogen) atoms. The molecule has 6 nitrogen and oxygen atoms in total. The van der Waals surface area contributed by atoms with Crippen LogP contribution in [0.5, 0.6) is 11.6 Å². The highest BCUT2D eigenvalue weighted by Crippen LogP contribution is 2.17. The molecule has 6 heteroatoms. The van der Waals surface area contributed by atoms with Crippen LogP contribution in [-0.2, 0) is 6.54 Å². The molecule has 1 heterocycles. The maximum absolute atomic E-state index is 11.9. The van der Waals surface area contributed by atoms with Crippen LogP contribution in [0.25, 0.3) is 0 Å². The van der Waals surface area contributed by atoms with E-state index < -0.39 is 5.97 Å². The van der Waals surface area contributed by atoms with Crippen LogP contribution in [-0.4, -0.2) is 20.6 Å². The van der Waals surface area contributed by atoms with Gasteiger partial charge in [0, 0.05) is 18.9 Å². The summed E-state index contributed by atoms with van der Waals surface area (Å²) < 4.78 is 6.78. The van der Waals surface area contributed by atoms with Crippen molar-refractivity contribution in [3.05, 3.63) is 52.6 Å². The van der Waals surface area contributed by atoms with Crippen LogP contribution < -0.4 is 10.3 Å². The second-order valence-electron chi connectivity index (χ2n) is 3.76. The van der Waals surface area contributed by atoms with Crippen molar-refractivity contribution < 1.29 is 14.6 Å². The van der Waals surface area contributed by atoms with Gasteiger partial charge in [0.1, 0.15) is 5.75 Å². The highest BCUT2D eigenvalue weighted by Gasteiger charge is 2.08. The normalized spacial score (nSPS) is 10.2. The van der Waals surface area contributed by atoms with Gasteiger partial charge in [0.15, 0.2) is 0 Å². The molecule has 1 aromatic carbocycles. The zero-order valence-electron chi connectivity index (χ0n) is 10.2. The molecule has 0 saturated heterocycles. The van der Waals surface area contributed by atoms with Crippen molar-refractivity contribution in [3.63, 3.8) is 0 Å². The maximum atomic E-state index is 11.9. The van der Waals surface area contributed by atoms with Gasteiger partial charge >= 0.3 is 11.5 Å². The monoisotopic (exact) mass is 260 g/mol. The van der Waals surface area contributed by atoms with E-state index in [0.717, 1.165) is 0 Å². The smallest absolute Gasteiger partial charge is 0.335 e. The molecule has 2 aromatic rings. The second kappa shape index (κ2) is 5.34. The predicted octanol–water partition coefficient (Wildman–Crippen LogP) is 1.75. The summed E-state index contributed by atoms with van der Waals surface area (Å²) in [6.45, 7) is 2.34. The maximum Gasteiger partial charge on any atom is 0.335 e. The number of aromatic nitrogens is 2. The summed E-state index contributed by atoms with van der Waals surface area (Å²) in [4.78, 5) is 26.6. The molecule has 0 saturated carbocycles. The van der Waals surface area contributed by atoms with E-state index in [1.54, 1.807) is 18.3 Å². The molecule has 2 rings (SSSR count). The fourth-order valence-corrected chi connectivity index (χ4v) is 1.55. The molecule has 0 aliphatic heterocycles. The van der Waals surface area contributed by atoms with Gasteiger partial charge in [0.2, 0.25) is 0 Å². The Morgan fingerprint density at radius 3 is 2.95 bits per heavy atom. The number of carboxylic acids is 1. The van der Waals surface area contributed by atoms with E-state index >= 15 is 0 Å². The molecule has 0 fully saturated rings. The van der Waals surface area contributed by atoms with Crippen LogP contribution in [0, 0.1) is 0 Å². The molecule has 0 bridgehead atoms. The Labute approximate surface area is 108 Å². The van der Waals surface area contributed by atoms with Gasteiger partial charge in [-0.2, -0.15) is 0 Å². The number of hydrogen-bond acceptors (Lipinski definition) is 4. The fourth-order valence-electron chi connectivity index (χ4n) is 1.55. The van der Waals surface area contributed by atoms with Crippen LogP contribution in [0.4, 0.5) is 0 Å². The van der Waals surface area contributed by atoms with E-state index in [2.05, 4.69) is 4.98 Å². The van der Waals surface area contributed by atoms with E-state index in [4.69, 9.17) is 9.84 Å². The first kappa shape index (κ1) is 12.8. The summed E-state index contributed by atoms with van der Waals surface area (Å²) in [6.07, 6.45) is 3.02. The van der Waals surface area contributed by atoms with Gasteiger partial charge in [-0.15, -0.1) is 0 Å². The Balaban J connectivity index is 2.34. The summed E-state index contributed by atoms with van der Waals surface area (Å²) >= 11 is 0. The van der Waals surface area contributed by atoms with Crippen LogP contribution >= 0.6 is 0 Å². The van der Waals surface area contributed by atoms with Gasteiger partial charge in [-0.05, 0) is 25.1 Å². The van der Waals surface area contributed by atoms with Gasteiger partial charge < -0.3 is 14.4 Å². The molecule has 1 N–H and O–H groups in total. The first-order valence-corrected chi connectivity index (χ1v) is 5.68. The summed E-state index contributed by atoms with van der Waals surface area (Å²) in [6, 6.07) is 5.89. The first-order valence-electron chi connectivity index (χ1n) is 5.68. The number of rotatable bonds is 4. The Bertz CT molecular complexity index is 664. The third kappa shape index (κ3) is 2.79. The molecule has 0 aliphatic rings. The summed E-state index contributed by atoms with van der Waals surface area (Å²) in [5.74, 6) is -0.873. The topological polar surface area (TPSA) is 81.4 Å². The summed E-state index contributed by atoms with van der Waals surface area (Å²) in [7, 11) is 0. The molecule has 0 spiro atoms. The average molecular weight is 260 g/mol. The number of hydrogen-bond donors (Lipinski definition) is 1. The van der Waals surface area contributed by atoms with Crippen LogP contribution in [0.2, 0.25) is 0 Å². The highest BCUT2D eigenvalue weighted by molar-refractivity contribution is 5.88. The van der Waals surface area contributed by atoms with Gasteiger partial charge in [-0.1, -0.05) is 6.07 Å². The highest BCUT2D eigenvalue weighted by atomic mass is 16.5. The molecule has 0 unspecified atom stereocenters. The molecule has 1 aromatic heterocycles. The molecule has 0 amide bonds. The predicted molar refractivity (Wildman–Crippen MR) is 67.6 cm³/mol. The minimum absolute atomic E-state index is 0.0770. The van der Waals surface area contributed by atoms with Crippen molar-refractivity contribution in [2.45, 2.75) is 13.5 Å². The van der Waals surface area contributed by atoms with Crippen molar-refractivity contribution in [2.24, 2.45) is 0 Å². The standard InChI is InChI=1S/C13H12N2O4/c1-2-15-7-6-14-11(12(15)16)19-10-5-3-4-9(8-10)13(17)18/h3-8H,2H2,1H3,(H,17,18). The van der Waals surface area contributed by atoms with Gasteiger partial charge in [-0.25, -0.2) is 9.78 Å². The fraction of sp³-hybridized carbons (Fsp3) is 0.154. The lowest BCUT2D eigenvalue weighted by Crippen LogP contribution is -2.20. The third-order valence-electron chi connectivity index (χ3n) is 2.52. The van der Waals surface area contributed by atoms with Crippen molar-refractivity contribution in [1.82, 2.24) is 9.55 Å². The first-order chi connectivity index (χ1) is 9.11. The second-order valence-corrected chi connectivity index (χ2v) is 3.76. The van der Waals surface area contributed by atoms with E-state index in [1.807, 2.05) is 6.92 Å². The van der Waals surface area contributed by atoms with Crippen molar-refractivity contribution in [1.29, 1.82) is 0 Å². The lowest BCUT2D eigenvalue weighted by atomic mass is 10.2. The quantitative estimate of drug-likeness (QED) is 0.905. The molecular formula is C13H12N2O4. The lowest BCUT2D eigenvalue weighted by Gasteiger charge is -2.06. The van der Waals surface area contributed by atoms with E-state index in [1.165, 1.54) is 22.9 Å². The zero-order chi connectivity index (χ0) is 13.8. The average Bonchev–Trinajstić information content (AvgIpc) is 2.41. The van der Waals surface area contributed by atoms with Gasteiger partial charge in [-0.3, -0.25) is 4.79 Å². The van der Waals surface area contributed by atoms with Crippen LogP contribution in [0.1, 0.15) is 17.3 Å². The van der Waals surface area contributed by atoms with E-state index in [-0.39, 0.29) is 22.8 Å². The summed E-state index contributed by atoms with van der Waals surface area (Å²) in [5.41, 5.74) is -0.269. The minimum Gasteiger partial charge on any atom is -0.478 e. The van der Waals surface area contributed by atoms with Crippen molar-refractivity contribution in [3.8, 4) is 11.6 Å². The minimum atomic E-state index is -1.06. The lowest BCUT2D eigenvalue weighted by molar-refractivity contribution is 0.0696. The SMILES string of the molecule is CCn1ccnc(Oc2cccc(C(=O)O)c2)c1=O. The zero-order valence-corrected chi connectivity index (χ0v) is 10.2. The van der Waals surface area contributed by atoms with E-state index in [0.29, 0.717) is 6.54 Å². The molecular weight excluding hydrogens is 248 g/mol. The number of nitrogens with zero attached hydrogens (tertiary/aromatic N) is 2. The third-order valence-corrected chi connectivity index (χ3v) is 2.52. The molecule has 0 aliphatic carbocycles. The molecule has 0 radical (unpaired) electrons. The molecule has 0 atom stereocenters. The number of carbonyl (C=O) groups is 1. The van der Waals surface area contributed by atoms with Crippen molar-refractivity contribution in [2.75, 3.05) is 0 Å². The Hall–Kier alpha value is -2.63. The van der Waals surface area contributed by atoms with Crippen molar-refractivity contribution >= 4 is 5.97 Å². The Kier molecular flexibility index (Phi) is 3.61. The molecule has 98 valence electrons. The largest absolute Gasteiger partial charge is 0.478 e. The number of aryl methyl sites for hydroxylation is 1. The Morgan fingerprint density at radius 2 is 2.26 bits per heavy atom. The van der Waals surface area contributed by atoms with Crippen LogP contribution in [0.15, 0.2) is 41.5 Å². The number of ether oxygens (including phenoxy) is 1. The van der Waals surface area contributed by atoms with Crippen LogP contribution in [0.3, 0.4) is 0 Å². The summed E-state index contributed by atoms with van der Waals surface area (Å²) in [5, 5.41) is 8.88. The number of benzene rings is 1. The van der Waals surface area contributed by atoms with Gasteiger partial charge in [0.25, 0.3) is 5.88 Å². The number of carboxylic acid groups (broad SMARTS) is 1. The van der Waals surface area contributed by atoms with E-state index in [9.17, 15) is 9.59 Å². The number of aromatic carboxylic acids is 1. The Morgan fingerprint density at radius 1 is 1.47 bits per heavy atom.